The van der Waals surface area contributed by atoms with Gasteiger partial charge in [0.2, 0.25) is 0 Å². The molecule has 0 aliphatic heterocycles. The van der Waals surface area contributed by atoms with Crippen LogP contribution in [0.1, 0.15) is 28.9 Å². The second-order valence-corrected chi connectivity index (χ2v) is 7.03. The van der Waals surface area contributed by atoms with E-state index in [0.29, 0.717) is 11.8 Å². The molecule has 0 aromatic carbocycles. The van der Waals surface area contributed by atoms with Gasteiger partial charge in [-0.1, -0.05) is 6.42 Å². The number of carbonyl (C=O) groups excluding carboxylic acids is 1. The van der Waals surface area contributed by atoms with Gasteiger partial charge in [-0.15, -0.1) is 34.3 Å². The molecule has 0 bridgehead atoms. The molecule has 1 aliphatic rings. The molecular formula is C13H14ClNOS2. The van der Waals surface area contributed by atoms with Crippen LogP contribution in [0.5, 0.6) is 0 Å². The molecule has 18 heavy (non-hydrogen) atoms. The van der Waals surface area contributed by atoms with E-state index in [1.165, 1.54) is 15.8 Å². The van der Waals surface area contributed by atoms with E-state index in [1.807, 2.05) is 6.07 Å². The zero-order valence-electron chi connectivity index (χ0n) is 9.82. The molecule has 3 rings (SSSR count). The summed E-state index contributed by atoms with van der Waals surface area (Å²) in [6.07, 6.45) is 3.36. The van der Waals surface area contributed by atoms with E-state index in [4.69, 9.17) is 11.6 Å². The number of hydrogen-bond donors (Lipinski definition) is 1. The number of halogens is 1. The van der Waals surface area contributed by atoms with E-state index >= 15 is 0 Å². The van der Waals surface area contributed by atoms with Crippen molar-refractivity contribution in [3.63, 3.8) is 0 Å². The maximum Gasteiger partial charge on any atom is 0.261 e. The number of thiophene rings is 2. The Balaban J connectivity index is 1.73. The summed E-state index contributed by atoms with van der Waals surface area (Å²) in [5, 5.41) is 5.20. The molecule has 2 nitrogen and oxygen atoms in total. The normalized spacial score (nSPS) is 23.6. The van der Waals surface area contributed by atoms with Crippen molar-refractivity contribution in [1.29, 1.82) is 0 Å². The first-order chi connectivity index (χ1) is 8.78. The van der Waals surface area contributed by atoms with E-state index in [0.717, 1.165) is 17.7 Å². The van der Waals surface area contributed by atoms with Crippen LogP contribution < -0.4 is 5.32 Å². The summed E-state index contributed by atoms with van der Waals surface area (Å²) in [5.41, 5.74) is 0. The van der Waals surface area contributed by atoms with Crippen molar-refractivity contribution in [2.45, 2.75) is 25.3 Å². The zero-order chi connectivity index (χ0) is 12.5. The van der Waals surface area contributed by atoms with Crippen LogP contribution in [0.4, 0.5) is 0 Å². The average Bonchev–Trinajstić information content (AvgIpc) is 3.02. The fraction of sp³-hybridized carbons (Fsp3) is 0.462. The van der Waals surface area contributed by atoms with Gasteiger partial charge in [0.25, 0.3) is 5.91 Å². The Bertz CT molecular complexity index is 534. The number of alkyl halides is 1. The number of nitrogens with one attached hydrogen (secondary N) is 1. The van der Waals surface area contributed by atoms with E-state index in [-0.39, 0.29) is 11.9 Å². The second-order valence-electron chi connectivity index (χ2n) is 4.68. The predicted octanol–water partition coefficient (Wildman–Crippen LogP) is 4.10. The Kier molecular flexibility index (Phi) is 3.59. The maximum atomic E-state index is 12.2. The first-order valence-corrected chi connectivity index (χ1v) is 8.35. The lowest BCUT2D eigenvalue weighted by molar-refractivity contribution is 0.0934. The van der Waals surface area contributed by atoms with Crippen molar-refractivity contribution in [1.82, 2.24) is 5.32 Å². The third-order valence-electron chi connectivity index (χ3n) is 3.54. The third kappa shape index (κ3) is 2.29. The van der Waals surface area contributed by atoms with E-state index in [1.54, 1.807) is 22.7 Å². The number of hydrogen-bond acceptors (Lipinski definition) is 3. The van der Waals surface area contributed by atoms with Gasteiger partial charge in [-0.2, -0.15) is 0 Å². The third-order valence-corrected chi connectivity index (χ3v) is 6.03. The van der Waals surface area contributed by atoms with Gasteiger partial charge in [-0.25, -0.2) is 0 Å². The summed E-state index contributed by atoms with van der Waals surface area (Å²) in [6.45, 7) is 0. The molecular weight excluding hydrogens is 286 g/mol. The molecule has 1 N–H and O–H groups in total. The van der Waals surface area contributed by atoms with Gasteiger partial charge in [0, 0.05) is 21.3 Å². The molecule has 1 aliphatic carbocycles. The molecule has 0 spiro atoms. The molecule has 96 valence electrons. The van der Waals surface area contributed by atoms with Gasteiger partial charge in [-0.3, -0.25) is 4.79 Å². The first-order valence-electron chi connectivity index (χ1n) is 6.12. The standard InChI is InChI=1S/C13H14ClNOS2/c14-7-8-2-1-3-9(8)15-13(16)12-6-11-10(18-12)4-5-17-11/h4-6,8-9H,1-3,7H2,(H,15,16). The lowest BCUT2D eigenvalue weighted by Crippen LogP contribution is -2.37. The Labute approximate surface area is 119 Å². The number of fused-ring (bicyclic) bond motifs is 1. The van der Waals surface area contributed by atoms with Crippen molar-refractivity contribution in [3.8, 4) is 0 Å². The quantitative estimate of drug-likeness (QED) is 0.849. The molecule has 2 aromatic heterocycles. The minimum absolute atomic E-state index is 0.0606. The first kappa shape index (κ1) is 12.5. The molecule has 2 heterocycles. The highest BCUT2D eigenvalue weighted by Crippen LogP contribution is 2.31. The van der Waals surface area contributed by atoms with Gasteiger partial charge >= 0.3 is 0 Å². The number of rotatable bonds is 3. The van der Waals surface area contributed by atoms with Crippen LogP contribution >= 0.6 is 34.3 Å². The molecule has 2 unspecified atom stereocenters. The SMILES string of the molecule is O=C(NC1CCCC1CCl)c1cc2sccc2s1. The molecule has 1 saturated carbocycles. The fourth-order valence-electron chi connectivity index (χ4n) is 2.53. The van der Waals surface area contributed by atoms with Crippen LogP contribution in [0.2, 0.25) is 0 Å². The topological polar surface area (TPSA) is 29.1 Å². The summed E-state index contributed by atoms with van der Waals surface area (Å²) in [7, 11) is 0. The lowest BCUT2D eigenvalue weighted by Gasteiger charge is -2.18. The van der Waals surface area contributed by atoms with Crippen LogP contribution in [0.3, 0.4) is 0 Å². The average molecular weight is 300 g/mol. The van der Waals surface area contributed by atoms with Gasteiger partial charge in [0.05, 0.1) is 4.88 Å². The van der Waals surface area contributed by atoms with Crippen molar-refractivity contribution in [2.24, 2.45) is 5.92 Å². The Morgan fingerprint density at radius 2 is 2.33 bits per heavy atom. The number of amides is 1. The molecule has 2 atom stereocenters. The molecule has 0 radical (unpaired) electrons. The monoisotopic (exact) mass is 299 g/mol. The van der Waals surface area contributed by atoms with Crippen LogP contribution in [0, 0.1) is 5.92 Å². The van der Waals surface area contributed by atoms with Crippen LogP contribution in [0.15, 0.2) is 17.5 Å². The van der Waals surface area contributed by atoms with Gasteiger partial charge in [0.1, 0.15) is 0 Å². The summed E-state index contributed by atoms with van der Waals surface area (Å²) in [5.74, 6) is 1.15. The fourth-order valence-corrected chi connectivity index (χ4v) is 4.91. The summed E-state index contributed by atoms with van der Waals surface area (Å²) >= 11 is 9.18. The van der Waals surface area contributed by atoms with Crippen molar-refractivity contribution in [2.75, 3.05) is 5.88 Å². The Hall–Kier alpha value is -0.580. The molecule has 1 amide bonds. The number of carbonyl (C=O) groups is 1. The molecule has 1 fully saturated rings. The van der Waals surface area contributed by atoms with Crippen LogP contribution in [0.25, 0.3) is 9.40 Å². The van der Waals surface area contributed by atoms with Crippen molar-refractivity contribution >= 4 is 49.6 Å². The minimum Gasteiger partial charge on any atom is -0.348 e. The second kappa shape index (κ2) is 5.19. The van der Waals surface area contributed by atoms with Gasteiger partial charge in [-0.05, 0) is 36.3 Å². The maximum absolute atomic E-state index is 12.2. The molecule has 5 heteroatoms. The highest BCUT2D eigenvalue weighted by Gasteiger charge is 2.28. The smallest absolute Gasteiger partial charge is 0.261 e. The Morgan fingerprint density at radius 3 is 3.11 bits per heavy atom. The summed E-state index contributed by atoms with van der Waals surface area (Å²) < 4.78 is 2.40. The van der Waals surface area contributed by atoms with E-state index in [9.17, 15) is 4.79 Å². The van der Waals surface area contributed by atoms with Gasteiger partial charge in [0.15, 0.2) is 0 Å². The largest absolute Gasteiger partial charge is 0.348 e. The van der Waals surface area contributed by atoms with E-state index in [2.05, 4.69) is 16.8 Å². The predicted molar refractivity (Wildman–Crippen MR) is 79.0 cm³/mol. The highest BCUT2D eigenvalue weighted by atomic mass is 35.5. The van der Waals surface area contributed by atoms with Crippen LogP contribution in [-0.2, 0) is 0 Å². The minimum atomic E-state index is 0.0606. The zero-order valence-corrected chi connectivity index (χ0v) is 12.2. The summed E-state index contributed by atoms with van der Waals surface area (Å²) in [6, 6.07) is 4.32. The summed E-state index contributed by atoms with van der Waals surface area (Å²) in [4.78, 5) is 13.0. The lowest BCUT2D eigenvalue weighted by atomic mass is 10.1. The van der Waals surface area contributed by atoms with Crippen molar-refractivity contribution in [3.05, 3.63) is 22.4 Å². The molecule has 0 saturated heterocycles. The van der Waals surface area contributed by atoms with Crippen molar-refractivity contribution < 1.29 is 4.79 Å². The van der Waals surface area contributed by atoms with Gasteiger partial charge < -0.3 is 5.32 Å². The highest BCUT2D eigenvalue weighted by molar-refractivity contribution is 7.27. The van der Waals surface area contributed by atoms with E-state index < -0.39 is 0 Å². The Morgan fingerprint density at radius 1 is 1.44 bits per heavy atom. The van der Waals surface area contributed by atoms with Crippen LogP contribution in [-0.4, -0.2) is 17.8 Å². The molecule has 2 aromatic rings.